The van der Waals surface area contributed by atoms with Gasteiger partial charge < -0.3 is 10.4 Å². The van der Waals surface area contributed by atoms with Gasteiger partial charge in [-0.1, -0.05) is 31.5 Å². The Kier molecular flexibility index (Phi) is 5.96. The van der Waals surface area contributed by atoms with Gasteiger partial charge in [0.2, 0.25) is 0 Å². The molecule has 1 aromatic carbocycles. The van der Waals surface area contributed by atoms with E-state index in [1.54, 1.807) is 0 Å². The fraction of sp³-hybridized carbons (Fsp3) is 0.353. The summed E-state index contributed by atoms with van der Waals surface area (Å²) in [6, 6.07) is 11.5. The molecule has 4 heteroatoms. The van der Waals surface area contributed by atoms with Gasteiger partial charge in [0.1, 0.15) is 0 Å². The van der Waals surface area contributed by atoms with E-state index in [2.05, 4.69) is 12.2 Å². The van der Waals surface area contributed by atoms with Crippen LogP contribution >= 0.6 is 11.3 Å². The molecule has 1 atom stereocenters. The maximum atomic E-state index is 12.0. The van der Waals surface area contributed by atoms with E-state index in [9.17, 15) is 9.90 Å². The normalized spacial score (nSPS) is 12.1. The largest absolute Gasteiger partial charge is 0.388 e. The third-order valence-electron chi connectivity index (χ3n) is 3.33. The molecule has 2 N–H and O–H groups in total. The number of benzene rings is 1. The van der Waals surface area contributed by atoms with Crippen molar-refractivity contribution in [1.82, 2.24) is 5.32 Å². The summed E-state index contributed by atoms with van der Waals surface area (Å²) in [5.41, 5.74) is 1.92. The molecule has 0 saturated heterocycles. The molecule has 0 aliphatic rings. The van der Waals surface area contributed by atoms with E-state index >= 15 is 0 Å². The van der Waals surface area contributed by atoms with E-state index in [-0.39, 0.29) is 5.91 Å². The average Bonchev–Trinajstić information content (AvgIpc) is 3.02. The summed E-state index contributed by atoms with van der Waals surface area (Å²) >= 11 is 1.53. The number of hydrogen-bond acceptors (Lipinski definition) is 3. The average molecular weight is 303 g/mol. The van der Waals surface area contributed by atoms with Crippen LogP contribution in [-0.2, 0) is 6.42 Å². The van der Waals surface area contributed by atoms with Crippen LogP contribution in [0.25, 0.3) is 0 Å². The summed E-state index contributed by atoms with van der Waals surface area (Å²) < 4.78 is 0. The Labute approximate surface area is 129 Å². The second-order valence-electron chi connectivity index (χ2n) is 5.02. The first-order chi connectivity index (χ1) is 10.2. The lowest BCUT2D eigenvalue weighted by Crippen LogP contribution is -2.25. The molecule has 0 radical (unpaired) electrons. The van der Waals surface area contributed by atoms with Gasteiger partial charge in [0, 0.05) is 17.0 Å². The van der Waals surface area contributed by atoms with Gasteiger partial charge >= 0.3 is 0 Å². The fourth-order valence-corrected chi connectivity index (χ4v) is 2.91. The minimum Gasteiger partial charge on any atom is -0.388 e. The van der Waals surface area contributed by atoms with Crippen molar-refractivity contribution in [3.8, 4) is 0 Å². The Balaban J connectivity index is 1.79. The maximum Gasteiger partial charge on any atom is 0.251 e. The molecule has 112 valence electrons. The van der Waals surface area contributed by atoms with Crippen LogP contribution in [0.3, 0.4) is 0 Å². The van der Waals surface area contributed by atoms with Crippen molar-refractivity contribution in [1.29, 1.82) is 0 Å². The molecule has 0 aliphatic carbocycles. The van der Waals surface area contributed by atoms with Crippen LogP contribution in [0.1, 0.15) is 46.7 Å². The highest BCUT2D eigenvalue weighted by Crippen LogP contribution is 2.20. The Morgan fingerprint density at radius 1 is 1.29 bits per heavy atom. The molecule has 1 aromatic heterocycles. The van der Waals surface area contributed by atoms with E-state index in [4.69, 9.17) is 0 Å². The van der Waals surface area contributed by atoms with E-state index in [1.807, 2.05) is 41.8 Å². The zero-order chi connectivity index (χ0) is 15.1. The van der Waals surface area contributed by atoms with E-state index in [0.29, 0.717) is 18.5 Å². The summed E-state index contributed by atoms with van der Waals surface area (Å²) in [6.07, 6.45) is 2.17. The number of aliphatic hydroxyl groups is 1. The number of hydrogen-bond donors (Lipinski definition) is 2. The van der Waals surface area contributed by atoms with Crippen molar-refractivity contribution >= 4 is 17.2 Å². The molecule has 1 unspecified atom stereocenters. The van der Waals surface area contributed by atoms with Crippen molar-refractivity contribution in [3.05, 3.63) is 57.8 Å². The van der Waals surface area contributed by atoms with Gasteiger partial charge in [-0.3, -0.25) is 4.79 Å². The molecule has 0 bridgehead atoms. The van der Waals surface area contributed by atoms with Crippen LogP contribution in [0.15, 0.2) is 41.8 Å². The van der Waals surface area contributed by atoms with Crippen LogP contribution in [0.2, 0.25) is 0 Å². The predicted molar refractivity (Wildman–Crippen MR) is 86.7 cm³/mol. The molecular weight excluding hydrogens is 282 g/mol. The van der Waals surface area contributed by atoms with E-state index in [0.717, 1.165) is 17.7 Å². The molecule has 0 aliphatic heterocycles. The Hall–Kier alpha value is -1.65. The molecule has 2 aromatic rings. The van der Waals surface area contributed by atoms with Gasteiger partial charge in [-0.15, -0.1) is 11.3 Å². The van der Waals surface area contributed by atoms with Gasteiger partial charge in [0.15, 0.2) is 0 Å². The Morgan fingerprint density at radius 3 is 2.67 bits per heavy atom. The zero-order valence-corrected chi connectivity index (χ0v) is 13.0. The minimum absolute atomic E-state index is 0.0866. The molecule has 0 fully saturated rings. The molecule has 21 heavy (non-hydrogen) atoms. The van der Waals surface area contributed by atoms with Crippen LogP contribution in [0, 0.1) is 0 Å². The smallest absolute Gasteiger partial charge is 0.251 e. The summed E-state index contributed by atoms with van der Waals surface area (Å²) in [5.74, 6) is -0.0866. The maximum absolute atomic E-state index is 12.0. The van der Waals surface area contributed by atoms with Gasteiger partial charge in [0.25, 0.3) is 5.91 Å². The fourth-order valence-electron chi connectivity index (χ4n) is 2.16. The van der Waals surface area contributed by atoms with Crippen LogP contribution in [0.4, 0.5) is 0 Å². The monoisotopic (exact) mass is 303 g/mol. The zero-order valence-electron chi connectivity index (χ0n) is 12.2. The second kappa shape index (κ2) is 7.96. The van der Waals surface area contributed by atoms with Gasteiger partial charge in [0.05, 0.1) is 6.10 Å². The minimum atomic E-state index is -0.503. The molecule has 0 saturated carbocycles. The van der Waals surface area contributed by atoms with Gasteiger partial charge in [-0.2, -0.15) is 0 Å². The topological polar surface area (TPSA) is 49.3 Å². The highest BCUT2D eigenvalue weighted by molar-refractivity contribution is 7.10. The number of rotatable bonds is 7. The van der Waals surface area contributed by atoms with E-state index in [1.165, 1.54) is 16.9 Å². The highest BCUT2D eigenvalue weighted by Gasteiger charge is 2.10. The quantitative estimate of drug-likeness (QED) is 0.821. The number of carbonyl (C=O) groups is 1. The summed E-state index contributed by atoms with van der Waals surface area (Å²) in [4.78, 5) is 12.9. The Morgan fingerprint density at radius 2 is 2.05 bits per heavy atom. The number of aryl methyl sites for hydroxylation is 1. The summed E-state index contributed by atoms with van der Waals surface area (Å²) in [7, 11) is 0. The Bertz CT molecular complexity index is 549. The number of amides is 1. The second-order valence-corrected chi connectivity index (χ2v) is 6.00. The van der Waals surface area contributed by atoms with Gasteiger partial charge in [-0.05, 0) is 42.0 Å². The molecule has 1 heterocycles. The lowest BCUT2D eigenvalue weighted by molar-refractivity contribution is 0.0943. The first-order valence-electron chi connectivity index (χ1n) is 7.29. The van der Waals surface area contributed by atoms with Crippen molar-refractivity contribution in [2.75, 3.05) is 6.54 Å². The first-order valence-corrected chi connectivity index (χ1v) is 8.17. The van der Waals surface area contributed by atoms with Crippen LogP contribution in [-0.4, -0.2) is 17.6 Å². The van der Waals surface area contributed by atoms with Crippen molar-refractivity contribution < 1.29 is 9.90 Å². The van der Waals surface area contributed by atoms with Crippen molar-refractivity contribution in [2.24, 2.45) is 0 Å². The SMILES string of the molecule is CCCc1ccc(C(=O)NCCC(O)c2cccs2)cc1. The standard InChI is InChI=1S/C17H21NO2S/c1-2-4-13-6-8-14(9-7-13)17(20)18-11-10-15(19)16-5-3-12-21-16/h3,5-9,12,15,19H,2,4,10-11H2,1H3,(H,18,20). The molecule has 2 rings (SSSR count). The number of aliphatic hydroxyl groups excluding tert-OH is 1. The summed E-state index contributed by atoms with van der Waals surface area (Å²) in [6.45, 7) is 2.61. The number of nitrogens with one attached hydrogen (secondary N) is 1. The van der Waals surface area contributed by atoms with Crippen LogP contribution < -0.4 is 5.32 Å². The first kappa shape index (κ1) is 15.7. The molecule has 0 spiro atoms. The highest BCUT2D eigenvalue weighted by atomic mass is 32.1. The summed E-state index contributed by atoms with van der Waals surface area (Å²) in [5, 5.41) is 14.7. The molecule has 3 nitrogen and oxygen atoms in total. The molecular formula is C17H21NO2S. The van der Waals surface area contributed by atoms with Gasteiger partial charge in [-0.25, -0.2) is 0 Å². The van der Waals surface area contributed by atoms with Crippen molar-refractivity contribution in [2.45, 2.75) is 32.3 Å². The lowest BCUT2D eigenvalue weighted by Gasteiger charge is -2.10. The number of carbonyl (C=O) groups excluding carboxylic acids is 1. The van der Waals surface area contributed by atoms with Crippen molar-refractivity contribution in [3.63, 3.8) is 0 Å². The third-order valence-corrected chi connectivity index (χ3v) is 4.30. The third kappa shape index (κ3) is 4.69. The predicted octanol–water partition coefficient (Wildman–Crippen LogP) is 3.55. The molecule has 1 amide bonds. The number of thiophene rings is 1. The lowest BCUT2D eigenvalue weighted by atomic mass is 10.1. The van der Waals surface area contributed by atoms with Crippen LogP contribution in [0.5, 0.6) is 0 Å². The van der Waals surface area contributed by atoms with E-state index < -0.39 is 6.10 Å².